The van der Waals surface area contributed by atoms with Crippen molar-refractivity contribution in [3.05, 3.63) is 59.2 Å². The largest absolute Gasteiger partial charge is 0.493 e. The molecule has 0 aromatic heterocycles. The first kappa shape index (κ1) is 21.7. The third kappa shape index (κ3) is 6.85. The van der Waals surface area contributed by atoms with Crippen molar-refractivity contribution in [1.82, 2.24) is 10.6 Å². The highest BCUT2D eigenvalue weighted by molar-refractivity contribution is 7.80. The van der Waals surface area contributed by atoms with Gasteiger partial charge in [-0.15, -0.1) is 0 Å². The van der Waals surface area contributed by atoms with Gasteiger partial charge in [0.2, 0.25) is 0 Å². The monoisotopic (exact) mass is 400 g/mol. The van der Waals surface area contributed by atoms with Gasteiger partial charge in [0.05, 0.1) is 13.7 Å². The Balaban J connectivity index is 1.89. The molecule has 6 heteroatoms. The predicted octanol–water partition coefficient (Wildman–Crippen LogP) is 4.23. The summed E-state index contributed by atoms with van der Waals surface area (Å²) in [7, 11) is 1.62. The summed E-state index contributed by atoms with van der Waals surface area (Å²) in [6.07, 6.45) is 0.987. The molecule has 0 aliphatic rings. The van der Waals surface area contributed by atoms with E-state index < -0.39 is 0 Å². The molecular weight excluding hydrogens is 372 g/mol. The summed E-state index contributed by atoms with van der Waals surface area (Å²) >= 11 is 5.23. The van der Waals surface area contributed by atoms with E-state index in [2.05, 4.69) is 24.5 Å². The minimum absolute atomic E-state index is 0.229. The van der Waals surface area contributed by atoms with Gasteiger partial charge in [-0.25, -0.2) is 0 Å². The van der Waals surface area contributed by atoms with E-state index in [1.54, 1.807) is 13.2 Å². The smallest absolute Gasteiger partial charge is 0.257 e. The van der Waals surface area contributed by atoms with Crippen LogP contribution in [0.5, 0.6) is 11.5 Å². The summed E-state index contributed by atoms with van der Waals surface area (Å²) < 4.78 is 11.2. The number of benzene rings is 2. The van der Waals surface area contributed by atoms with Crippen molar-refractivity contribution in [3.63, 3.8) is 0 Å². The summed E-state index contributed by atoms with van der Waals surface area (Å²) in [5.74, 6) is 1.76. The standard InChI is InChI=1S/C22H28N2O3S/c1-15(2)10-11-27-19-9-8-17(13-20(19)26-4)14-23-22(28)24-21(25)18-7-5-6-16(3)12-18/h5-9,12-13,15H,10-11,14H2,1-4H3,(H2,23,24,25,28). The SMILES string of the molecule is COc1cc(CNC(=S)NC(=O)c2cccc(C)c2)ccc1OCCC(C)C. The topological polar surface area (TPSA) is 59.6 Å². The Morgan fingerprint density at radius 2 is 1.93 bits per heavy atom. The molecular formula is C22H28N2O3S. The van der Waals surface area contributed by atoms with Crippen LogP contribution in [0, 0.1) is 12.8 Å². The Hall–Kier alpha value is -2.60. The van der Waals surface area contributed by atoms with Crippen molar-refractivity contribution in [2.45, 2.75) is 33.7 Å². The van der Waals surface area contributed by atoms with E-state index in [0.717, 1.165) is 23.3 Å². The normalized spacial score (nSPS) is 10.5. The summed E-state index contributed by atoms with van der Waals surface area (Å²) in [4.78, 5) is 12.2. The fourth-order valence-corrected chi connectivity index (χ4v) is 2.70. The van der Waals surface area contributed by atoms with Crippen molar-refractivity contribution >= 4 is 23.2 Å². The van der Waals surface area contributed by atoms with E-state index in [9.17, 15) is 4.79 Å². The molecule has 0 unspecified atom stereocenters. The average Bonchev–Trinajstić information content (AvgIpc) is 2.66. The maximum atomic E-state index is 12.2. The van der Waals surface area contributed by atoms with Gasteiger partial charge in [0.1, 0.15) is 0 Å². The first-order chi connectivity index (χ1) is 13.4. The van der Waals surface area contributed by atoms with Crippen molar-refractivity contribution in [1.29, 1.82) is 0 Å². The molecule has 0 fully saturated rings. The molecule has 0 saturated heterocycles. The summed E-state index contributed by atoms with van der Waals surface area (Å²) in [6, 6.07) is 13.1. The van der Waals surface area contributed by atoms with Crippen LogP contribution in [-0.2, 0) is 6.54 Å². The molecule has 0 spiro atoms. The van der Waals surface area contributed by atoms with Crippen LogP contribution in [-0.4, -0.2) is 24.7 Å². The zero-order valence-electron chi connectivity index (χ0n) is 16.9. The maximum absolute atomic E-state index is 12.2. The van der Waals surface area contributed by atoms with E-state index in [1.165, 1.54) is 0 Å². The van der Waals surface area contributed by atoms with Crippen LogP contribution in [0.25, 0.3) is 0 Å². The number of hydrogen-bond donors (Lipinski definition) is 2. The van der Waals surface area contributed by atoms with Crippen LogP contribution >= 0.6 is 12.2 Å². The number of thiocarbonyl (C=S) groups is 1. The number of ether oxygens (including phenoxy) is 2. The number of hydrogen-bond acceptors (Lipinski definition) is 4. The molecule has 150 valence electrons. The fourth-order valence-electron chi connectivity index (χ4n) is 2.53. The van der Waals surface area contributed by atoms with Crippen molar-refractivity contribution < 1.29 is 14.3 Å². The minimum Gasteiger partial charge on any atom is -0.493 e. The number of methoxy groups -OCH3 is 1. The highest BCUT2D eigenvalue weighted by Crippen LogP contribution is 2.28. The Kier molecular flexibility index (Phi) is 8.26. The van der Waals surface area contributed by atoms with E-state index in [4.69, 9.17) is 21.7 Å². The highest BCUT2D eigenvalue weighted by Gasteiger charge is 2.09. The zero-order chi connectivity index (χ0) is 20.5. The molecule has 5 nitrogen and oxygen atoms in total. The van der Waals surface area contributed by atoms with Gasteiger partial charge in [-0.3, -0.25) is 10.1 Å². The van der Waals surface area contributed by atoms with Gasteiger partial charge in [-0.1, -0.05) is 37.6 Å². The number of carbonyl (C=O) groups excluding carboxylic acids is 1. The van der Waals surface area contributed by atoms with Crippen LogP contribution in [0.15, 0.2) is 42.5 Å². The van der Waals surface area contributed by atoms with Gasteiger partial charge >= 0.3 is 0 Å². The van der Waals surface area contributed by atoms with Crippen molar-refractivity contribution in [3.8, 4) is 11.5 Å². The van der Waals surface area contributed by atoms with Crippen LogP contribution in [0.2, 0.25) is 0 Å². The second kappa shape index (κ2) is 10.7. The lowest BCUT2D eigenvalue weighted by Gasteiger charge is -2.14. The van der Waals surface area contributed by atoms with Gasteiger partial charge in [-0.05, 0) is 61.3 Å². The average molecular weight is 401 g/mol. The third-order valence-corrected chi connectivity index (χ3v) is 4.39. The van der Waals surface area contributed by atoms with E-state index in [-0.39, 0.29) is 11.0 Å². The quantitative estimate of drug-likeness (QED) is 0.649. The molecule has 0 aliphatic carbocycles. The number of rotatable bonds is 8. The number of carbonyl (C=O) groups is 1. The van der Waals surface area contributed by atoms with Crippen LogP contribution in [0.4, 0.5) is 0 Å². The van der Waals surface area contributed by atoms with Gasteiger partial charge in [0, 0.05) is 12.1 Å². The molecule has 0 aliphatic heterocycles. The molecule has 28 heavy (non-hydrogen) atoms. The molecule has 0 atom stereocenters. The fraction of sp³-hybridized carbons (Fsp3) is 0.364. The van der Waals surface area contributed by atoms with Gasteiger partial charge < -0.3 is 14.8 Å². The number of amides is 1. The van der Waals surface area contributed by atoms with Gasteiger partial charge in [0.25, 0.3) is 5.91 Å². The Morgan fingerprint density at radius 1 is 1.14 bits per heavy atom. The van der Waals surface area contributed by atoms with Crippen LogP contribution < -0.4 is 20.1 Å². The molecule has 2 rings (SSSR count). The van der Waals surface area contributed by atoms with Crippen molar-refractivity contribution in [2.75, 3.05) is 13.7 Å². The molecule has 2 aromatic rings. The van der Waals surface area contributed by atoms with Crippen LogP contribution in [0.1, 0.15) is 41.8 Å². The van der Waals surface area contributed by atoms with E-state index in [0.29, 0.717) is 30.4 Å². The second-order valence-electron chi connectivity index (χ2n) is 7.02. The lowest BCUT2D eigenvalue weighted by atomic mass is 10.1. The summed E-state index contributed by atoms with van der Waals surface area (Å²) in [6.45, 7) is 7.39. The van der Waals surface area contributed by atoms with Gasteiger partial charge in [0.15, 0.2) is 16.6 Å². The highest BCUT2D eigenvalue weighted by atomic mass is 32.1. The van der Waals surface area contributed by atoms with E-state index >= 15 is 0 Å². The molecule has 2 N–H and O–H groups in total. The summed E-state index contributed by atoms with van der Waals surface area (Å²) in [5, 5.41) is 6.02. The van der Waals surface area contributed by atoms with E-state index in [1.807, 2.05) is 43.3 Å². The minimum atomic E-state index is -0.229. The van der Waals surface area contributed by atoms with Gasteiger partial charge in [-0.2, -0.15) is 0 Å². The molecule has 2 aromatic carbocycles. The summed E-state index contributed by atoms with van der Waals surface area (Å²) in [5.41, 5.74) is 2.57. The molecule has 0 bridgehead atoms. The number of nitrogens with one attached hydrogen (secondary N) is 2. The lowest BCUT2D eigenvalue weighted by Crippen LogP contribution is -2.38. The molecule has 0 saturated carbocycles. The predicted molar refractivity (Wildman–Crippen MR) is 116 cm³/mol. The Morgan fingerprint density at radius 3 is 2.61 bits per heavy atom. The second-order valence-corrected chi connectivity index (χ2v) is 7.43. The lowest BCUT2D eigenvalue weighted by molar-refractivity contribution is 0.0976. The maximum Gasteiger partial charge on any atom is 0.257 e. The first-order valence-electron chi connectivity index (χ1n) is 9.34. The molecule has 0 heterocycles. The number of aryl methyl sites for hydroxylation is 1. The Labute approximate surface area is 172 Å². The first-order valence-corrected chi connectivity index (χ1v) is 9.75. The zero-order valence-corrected chi connectivity index (χ0v) is 17.7. The molecule has 1 amide bonds. The Bertz CT molecular complexity index is 821. The van der Waals surface area contributed by atoms with Crippen LogP contribution in [0.3, 0.4) is 0 Å². The molecule has 0 radical (unpaired) electrons. The van der Waals surface area contributed by atoms with Crippen molar-refractivity contribution in [2.24, 2.45) is 5.92 Å². The third-order valence-electron chi connectivity index (χ3n) is 4.14.